The summed E-state index contributed by atoms with van der Waals surface area (Å²) in [5.74, 6) is -0.905. The number of hydrogen-bond donors (Lipinski definition) is 1. The van der Waals surface area contributed by atoms with Crippen LogP contribution < -0.4 is 0 Å². The van der Waals surface area contributed by atoms with Crippen LogP contribution in [-0.2, 0) is 4.79 Å². The van der Waals surface area contributed by atoms with Gasteiger partial charge in [-0.1, -0.05) is 42.5 Å². The van der Waals surface area contributed by atoms with E-state index in [0.717, 1.165) is 5.56 Å². The van der Waals surface area contributed by atoms with Crippen LogP contribution >= 0.6 is 0 Å². The summed E-state index contributed by atoms with van der Waals surface area (Å²) in [7, 11) is 0. The largest absolute Gasteiger partial charge is 0.478 e. The molecule has 0 unspecified atom stereocenters. The highest BCUT2D eigenvalue weighted by Gasteiger charge is 2.07. The summed E-state index contributed by atoms with van der Waals surface area (Å²) in [5.41, 5.74) is 1.05. The van der Waals surface area contributed by atoms with E-state index in [4.69, 9.17) is 5.11 Å². The summed E-state index contributed by atoms with van der Waals surface area (Å²) < 4.78 is 0. The predicted octanol–water partition coefficient (Wildman–Crippen LogP) is 2.73. The average Bonchev–Trinajstić information content (AvgIpc) is 2.19. The molecule has 0 saturated heterocycles. The molecule has 0 aliphatic carbocycles. The summed E-state index contributed by atoms with van der Waals surface area (Å²) in [6, 6.07) is 9.06. The number of rotatable bonds is 4. The van der Waals surface area contributed by atoms with Crippen LogP contribution in [0.3, 0.4) is 0 Å². The maximum absolute atomic E-state index is 10.9. The Bertz CT molecular complexity index is 350. The van der Waals surface area contributed by atoms with E-state index < -0.39 is 5.97 Å². The Morgan fingerprint density at radius 2 is 2.00 bits per heavy atom. The van der Waals surface area contributed by atoms with Gasteiger partial charge in [-0.25, -0.2) is 4.79 Å². The van der Waals surface area contributed by atoms with Crippen molar-refractivity contribution >= 4 is 11.5 Å². The van der Waals surface area contributed by atoms with Crippen molar-refractivity contribution in [3.05, 3.63) is 54.6 Å². The summed E-state index contributed by atoms with van der Waals surface area (Å²) in [5, 5.41) is 8.95. The molecule has 0 radical (unpaired) electrons. The van der Waals surface area contributed by atoms with E-state index >= 15 is 0 Å². The molecule has 72 valence electrons. The maximum atomic E-state index is 10.9. The van der Waals surface area contributed by atoms with Crippen LogP contribution in [0.25, 0.3) is 5.57 Å². The van der Waals surface area contributed by atoms with E-state index in [9.17, 15) is 4.79 Å². The summed E-state index contributed by atoms with van der Waals surface area (Å²) >= 11 is 0. The van der Waals surface area contributed by atoms with Crippen molar-refractivity contribution in [1.82, 2.24) is 0 Å². The molecule has 0 heterocycles. The van der Waals surface area contributed by atoms with Crippen LogP contribution in [-0.4, -0.2) is 11.1 Å². The number of hydrogen-bond acceptors (Lipinski definition) is 1. The number of benzene rings is 1. The van der Waals surface area contributed by atoms with Gasteiger partial charge in [0, 0.05) is 0 Å². The first-order chi connectivity index (χ1) is 6.75. The zero-order chi connectivity index (χ0) is 10.4. The highest BCUT2D eigenvalue weighted by molar-refractivity contribution is 6.15. The second-order valence-corrected chi connectivity index (χ2v) is 2.81. The smallest absolute Gasteiger partial charge is 0.335 e. The van der Waals surface area contributed by atoms with E-state index in [1.54, 1.807) is 24.3 Å². The monoisotopic (exact) mass is 188 g/mol. The fourth-order valence-electron chi connectivity index (χ4n) is 1.15. The molecule has 0 aliphatic heterocycles. The lowest BCUT2D eigenvalue weighted by Crippen LogP contribution is -1.99. The van der Waals surface area contributed by atoms with E-state index in [1.807, 2.05) is 18.2 Å². The number of carboxylic acids is 1. The Balaban J connectivity index is 3.01. The third kappa shape index (κ3) is 2.59. The van der Waals surface area contributed by atoms with Gasteiger partial charge in [0.25, 0.3) is 0 Å². The minimum atomic E-state index is -0.905. The highest BCUT2D eigenvalue weighted by atomic mass is 16.4. The average molecular weight is 188 g/mol. The van der Waals surface area contributed by atoms with Crippen LogP contribution in [0, 0.1) is 0 Å². The standard InChI is InChI=1S/C12H12O2/c1-2-3-9-11(12(13)14)10-7-5-4-6-8-10/h2,4-9H,1,3H2,(H,13,14). The van der Waals surface area contributed by atoms with Gasteiger partial charge in [-0.2, -0.15) is 0 Å². The molecular formula is C12H12O2. The van der Waals surface area contributed by atoms with Crippen LogP contribution in [0.5, 0.6) is 0 Å². The number of aliphatic carboxylic acids is 1. The van der Waals surface area contributed by atoms with E-state index in [1.165, 1.54) is 0 Å². The molecular weight excluding hydrogens is 176 g/mol. The molecule has 1 aromatic rings. The second kappa shape index (κ2) is 5.02. The van der Waals surface area contributed by atoms with Gasteiger partial charge in [-0.05, 0) is 12.0 Å². The Kier molecular flexibility index (Phi) is 3.68. The lowest BCUT2D eigenvalue weighted by molar-refractivity contribution is -0.130. The number of carbonyl (C=O) groups is 1. The molecule has 0 aromatic heterocycles. The van der Waals surface area contributed by atoms with Crippen molar-refractivity contribution in [2.45, 2.75) is 6.42 Å². The molecule has 1 rings (SSSR count). The van der Waals surface area contributed by atoms with Crippen LogP contribution in [0.15, 0.2) is 49.1 Å². The number of allylic oxidation sites excluding steroid dienone is 2. The highest BCUT2D eigenvalue weighted by Crippen LogP contribution is 2.14. The molecule has 0 bridgehead atoms. The topological polar surface area (TPSA) is 37.3 Å². The van der Waals surface area contributed by atoms with Crippen molar-refractivity contribution < 1.29 is 9.90 Å². The fraction of sp³-hybridized carbons (Fsp3) is 0.0833. The molecule has 0 spiro atoms. The van der Waals surface area contributed by atoms with Gasteiger partial charge in [-0.15, -0.1) is 6.58 Å². The minimum Gasteiger partial charge on any atom is -0.478 e. The van der Waals surface area contributed by atoms with Gasteiger partial charge >= 0.3 is 5.97 Å². The molecule has 1 aromatic carbocycles. The fourth-order valence-corrected chi connectivity index (χ4v) is 1.15. The Morgan fingerprint density at radius 3 is 2.50 bits per heavy atom. The van der Waals surface area contributed by atoms with Crippen molar-refractivity contribution in [3.8, 4) is 0 Å². The van der Waals surface area contributed by atoms with Crippen molar-refractivity contribution in [2.24, 2.45) is 0 Å². The first-order valence-electron chi connectivity index (χ1n) is 4.35. The third-order valence-electron chi connectivity index (χ3n) is 1.80. The van der Waals surface area contributed by atoms with E-state index in [0.29, 0.717) is 12.0 Å². The summed E-state index contributed by atoms with van der Waals surface area (Å²) in [6.45, 7) is 3.55. The first-order valence-corrected chi connectivity index (χ1v) is 4.35. The first kappa shape index (κ1) is 10.3. The SMILES string of the molecule is C=CCC=C(C(=O)O)c1ccccc1. The Morgan fingerprint density at radius 1 is 1.36 bits per heavy atom. The summed E-state index contributed by atoms with van der Waals surface area (Å²) in [4.78, 5) is 10.9. The third-order valence-corrected chi connectivity index (χ3v) is 1.80. The van der Waals surface area contributed by atoms with Crippen LogP contribution in [0.4, 0.5) is 0 Å². The van der Waals surface area contributed by atoms with Gasteiger partial charge in [0.15, 0.2) is 0 Å². The second-order valence-electron chi connectivity index (χ2n) is 2.81. The molecule has 14 heavy (non-hydrogen) atoms. The van der Waals surface area contributed by atoms with Crippen LogP contribution in [0.1, 0.15) is 12.0 Å². The van der Waals surface area contributed by atoms with E-state index in [-0.39, 0.29) is 0 Å². The van der Waals surface area contributed by atoms with Gasteiger partial charge in [-0.3, -0.25) is 0 Å². The Hall–Kier alpha value is -1.83. The maximum Gasteiger partial charge on any atom is 0.335 e. The normalized spacial score (nSPS) is 11.0. The lowest BCUT2D eigenvalue weighted by Gasteiger charge is -2.00. The van der Waals surface area contributed by atoms with Gasteiger partial charge in [0.1, 0.15) is 0 Å². The molecule has 0 atom stereocenters. The minimum absolute atomic E-state index is 0.325. The zero-order valence-corrected chi connectivity index (χ0v) is 7.81. The van der Waals surface area contributed by atoms with Gasteiger partial charge < -0.3 is 5.11 Å². The molecule has 0 saturated carbocycles. The predicted molar refractivity (Wildman–Crippen MR) is 56.9 cm³/mol. The molecule has 2 heteroatoms. The van der Waals surface area contributed by atoms with E-state index in [2.05, 4.69) is 6.58 Å². The summed E-state index contributed by atoms with van der Waals surface area (Å²) in [6.07, 6.45) is 3.90. The molecule has 0 aliphatic rings. The van der Waals surface area contributed by atoms with Gasteiger partial charge in [0.2, 0.25) is 0 Å². The molecule has 0 amide bonds. The molecule has 0 fully saturated rings. The zero-order valence-electron chi connectivity index (χ0n) is 7.81. The van der Waals surface area contributed by atoms with Crippen molar-refractivity contribution in [1.29, 1.82) is 0 Å². The molecule has 1 N–H and O–H groups in total. The number of carboxylic acid groups (broad SMARTS) is 1. The quantitative estimate of drug-likeness (QED) is 0.582. The Labute approximate surface area is 83.2 Å². The van der Waals surface area contributed by atoms with Crippen LogP contribution in [0.2, 0.25) is 0 Å². The van der Waals surface area contributed by atoms with Crippen molar-refractivity contribution in [3.63, 3.8) is 0 Å². The lowest BCUT2D eigenvalue weighted by atomic mass is 10.1. The van der Waals surface area contributed by atoms with Gasteiger partial charge in [0.05, 0.1) is 5.57 Å². The van der Waals surface area contributed by atoms with Crippen molar-refractivity contribution in [2.75, 3.05) is 0 Å². The molecule has 2 nitrogen and oxygen atoms in total.